The first kappa shape index (κ1) is 13.5. The highest BCUT2D eigenvalue weighted by Crippen LogP contribution is 2.29. The summed E-state index contributed by atoms with van der Waals surface area (Å²) < 4.78 is 23.4. The average Bonchev–Trinajstić information content (AvgIpc) is 2.82. The van der Waals surface area contributed by atoms with Crippen LogP contribution < -0.4 is 16.2 Å². The van der Waals surface area contributed by atoms with Crippen molar-refractivity contribution in [2.24, 2.45) is 5.84 Å². The Hall–Kier alpha value is -1.45. The number of rotatable bonds is 2. The van der Waals surface area contributed by atoms with Crippen LogP contribution in [0.1, 0.15) is 6.42 Å². The first-order valence-electron chi connectivity index (χ1n) is 6.26. The third kappa shape index (κ3) is 2.56. The average molecular weight is 313 g/mol. The van der Waals surface area contributed by atoms with Gasteiger partial charge in [-0.05, 0) is 17.9 Å². The quantitative estimate of drug-likeness (QED) is 0.618. The fourth-order valence-corrected chi connectivity index (χ4v) is 4.33. The van der Waals surface area contributed by atoms with Gasteiger partial charge in [0.05, 0.1) is 16.9 Å². The molecule has 2 aromatic heterocycles. The van der Waals surface area contributed by atoms with Crippen molar-refractivity contribution >= 4 is 43.2 Å². The van der Waals surface area contributed by atoms with E-state index in [9.17, 15) is 8.42 Å². The Balaban J connectivity index is 2.02. The van der Waals surface area contributed by atoms with E-state index in [-0.39, 0.29) is 11.5 Å². The molecular weight excluding hydrogens is 298 g/mol. The van der Waals surface area contributed by atoms with Gasteiger partial charge in [0, 0.05) is 13.1 Å². The van der Waals surface area contributed by atoms with Crippen molar-refractivity contribution in [1.82, 2.24) is 9.97 Å². The Morgan fingerprint density at radius 1 is 1.30 bits per heavy atom. The van der Waals surface area contributed by atoms with Crippen LogP contribution >= 0.6 is 11.3 Å². The lowest BCUT2D eigenvalue weighted by molar-refractivity contribution is 0.597. The molecule has 108 valence electrons. The van der Waals surface area contributed by atoms with E-state index in [1.807, 2.05) is 16.3 Å². The molecule has 1 fully saturated rings. The highest BCUT2D eigenvalue weighted by Gasteiger charge is 2.22. The minimum atomic E-state index is -2.94. The number of nitrogens with two attached hydrogens (primary N) is 1. The lowest BCUT2D eigenvalue weighted by Gasteiger charge is -2.21. The summed E-state index contributed by atoms with van der Waals surface area (Å²) in [6.07, 6.45) is 0.614. The number of nitrogens with zero attached hydrogens (tertiary/aromatic N) is 3. The summed E-state index contributed by atoms with van der Waals surface area (Å²) >= 11 is 1.51. The summed E-state index contributed by atoms with van der Waals surface area (Å²) in [5.74, 6) is 6.90. The smallest absolute Gasteiger partial charge is 0.240 e. The third-order valence-electron chi connectivity index (χ3n) is 3.29. The summed E-state index contributed by atoms with van der Waals surface area (Å²) in [6, 6.07) is 1.95. The lowest BCUT2D eigenvalue weighted by atomic mass is 10.3. The normalized spacial score (nSPS) is 18.9. The van der Waals surface area contributed by atoms with Crippen LogP contribution in [0.5, 0.6) is 0 Å². The monoisotopic (exact) mass is 313 g/mol. The minimum absolute atomic E-state index is 0.161. The molecule has 0 saturated carbocycles. The molecule has 9 heteroatoms. The van der Waals surface area contributed by atoms with Gasteiger partial charge in [-0.15, -0.1) is 11.3 Å². The SMILES string of the molecule is NNc1nc(N2CCCS(=O)(=O)CC2)c2ccsc2n1. The number of aromatic nitrogens is 2. The molecule has 3 rings (SSSR count). The van der Waals surface area contributed by atoms with E-state index in [0.717, 1.165) is 16.0 Å². The third-order valence-corrected chi connectivity index (χ3v) is 5.81. The van der Waals surface area contributed by atoms with Gasteiger partial charge >= 0.3 is 0 Å². The van der Waals surface area contributed by atoms with E-state index in [1.54, 1.807) is 0 Å². The number of hydrogen-bond acceptors (Lipinski definition) is 8. The van der Waals surface area contributed by atoms with Crippen molar-refractivity contribution in [3.05, 3.63) is 11.4 Å². The maximum absolute atomic E-state index is 11.7. The van der Waals surface area contributed by atoms with Crippen LogP contribution in [0, 0.1) is 0 Å². The standard InChI is InChI=1S/C11H15N5O2S2/c12-15-11-13-9(8-2-5-19-10(8)14-11)16-3-1-6-20(17,18)7-4-16/h2,5H,1,3-4,6-7,12H2,(H,13,14,15). The topological polar surface area (TPSA) is 101 Å². The first-order valence-corrected chi connectivity index (χ1v) is 8.96. The van der Waals surface area contributed by atoms with Crippen molar-refractivity contribution in [2.75, 3.05) is 34.9 Å². The predicted molar refractivity (Wildman–Crippen MR) is 80.7 cm³/mol. The Morgan fingerprint density at radius 3 is 2.95 bits per heavy atom. The van der Waals surface area contributed by atoms with Crippen LogP contribution in [0.15, 0.2) is 11.4 Å². The van der Waals surface area contributed by atoms with Crippen molar-refractivity contribution in [3.8, 4) is 0 Å². The second-order valence-electron chi connectivity index (χ2n) is 4.65. The van der Waals surface area contributed by atoms with Gasteiger partial charge in [0.25, 0.3) is 0 Å². The zero-order chi connectivity index (χ0) is 14.2. The van der Waals surface area contributed by atoms with Gasteiger partial charge in [-0.3, -0.25) is 5.43 Å². The molecule has 0 atom stereocenters. The van der Waals surface area contributed by atoms with Crippen molar-refractivity contribution < 1.29 is 8.42 Å². The number of nitrogen functional groups attached to an aromatic ring is 1. The molecule has 0 aromatic carbocycles. The van der Waals surface area contributed by atoms with Crippen LogP contribution in [-0.2, 0) is 9.84 Å². The summed E-state index contributed by atoms with van der Waals surface area (Å²) in [4.78, 5) is 11.5. The Labute approximate surface area is 120 Å². The van der Waals surface area contributed by atoms with E-state index in [2.05, 4.69) is 15.4 Å². The molecule has 1 aliphatic rings. The number of fused-ring (bicyclic) bond motifs is 1. The van der Waals surface area contributed by atoms with E-state index in [0.29, 0.717) is 25.5 Å². The van der Waals surface area contributed by atoms with Crippen LogP contribution in [0.2, 0.25) is 0 Å². The van der Waals surface area contributed by atoms with Gasteiger partial charge in [-0.1, -0.05) is 0 Å². The molecule has 1 saturated heterocycles. The Kier molecular flexibility index (Phi) is 3.48. The molecule has 0 radical (unpaired) electrons. The van der Waals surface area contributed by atoms with Gasteiger partial charge in [0.1, 0.15) is 10.6 Å². The molecule has 0 amide bonds. The maximum atomic E-state index is 11.7. The van der Waals surface area contributed by atoms with E-state index in [4.69, 9.17) is 5.84 Å². The van der Waals surface area contributed by atoms with Crippen molar-refractivity contribution in [2.45, 2.75) is 6.42 Å². The predicted octanol–water partition coefficient (Wildman–Crippen LogP) is 0.602. The number of hydrogen-bond donors (Lipinski definition) is 2. The second-order valence-corrected chi connectivity index (χ2v) is 7.85. The van der Waals surface area contributed by atoms with Gasteiger partial charge in [0.15, 0.2) is 9.84 Å². The van der Waals surface area contributed by atoms with Gasteiger partial charge in [-0.25, -0.2) is 19.2 Å². The molecule has 7 nitrogen and oxygen atoms in total. The number of hydrazine groups is 1. The van der Waals surface area contributed by atoms with Gasteiger partial charge < -0.3 is 4.90 Å². The number of anilines is 2. The summed E-state index contributed by atoms with van der Waals surface area (Å²) in [6.45, 7) is 1.12. The molecular formula is C11H15N5O2S2. The number of nitrogens with one attached hydrogen (secondary N) is 1. The number of thiophene rings is 1. The molecule has 0 bridgehead atoms. The zero-order valence-electron chi connectivity index (χ0n) is 10.7. The molecule has 0 aliphatic carbocycles. The van der Waals surface area contributed by atoms with E-state index in [1.165, 1.54) is 11.3 Å². The lowest BCUT2D eigenvalue weighted by Crippen LogP contribution is -2.28. The second kappa shape index (κ2) is 5.15. The Morgan fingerprint density at radius 2 is 2.15 bits per heavy atom. The summed E-state index contributed by atoms with van der Waals surface area (Å²) in [5.41, 5.74) is 2.46. The highest BCUT2D eigenvalue weighted by molar-refractivity contribution is 7.91. The van der Waals surface area contributed by atoms with Crippen molar-refractivity contribution in [1.29, 1.82) is 0 Å². The zero-order valence-corrected chi connectivity index (χ0v) is 12.4. The van der Waals surface area contributed by atoms with Gasteiger partial charge in [0.2, 0.25) is 5.95 Å². The fraction of sp³-hybridized carbons (Fsp3) is 0.455. The molecule has 0 unspecified atom stereocenters. The van der Waals surface area contributed by atoms with Crippen molar-refractivity contribution in [3.63, 3.8) is 0 Å². The summed E-state index contributed by atoms with van der Waals surface area (Å²) in [7, 11) is -2.94. The molecule has 2 aromatic rings. The van der Waals surface area contributed by atoms with E-state index < -0.39 is 9.84 Å². The van der Waals surface area contributed by atoms with Gasteiger partial charge in [-0.2, -0.15) is 4.98 Å². The van der Waals surface area contributed by atoms with Crippen LogP contribution in [0.4, 0.5) is 11.8 Å². The fourth-order valence-electron chi connectivity index (χ4n) is 2.30. The first-order chi connectivity index (χ1) is 9.59. The minimum Gasteiger partial charge on any atom is -0.355 e. The molecule has 0 spiro atoms. The largest absolute Gasteiger partial charge is 0.355 e. The Bertz CT molecular complexity index is 727. The van der Waals surface area contributed by atoms with Crippen LogP contribution in [0.3, 0.4) is 0 Å². The van der Waals surface area contributed by atoms with E-state index >= 15 is 0 Å². The van der Waals surface area contributed by atoms with Crippen LogP contribution in [0.25, 0.3) is 10.2 Å². The molecule has 3 heterocycles. The highest BCUT2D eigenvalue weighted by atomic mass is 32.2. The summed E-state index contributed by atoms with van der Waals surface area (Å²) in [5, 5.41) is 2.88. The molecule has 3 N–H and O–H groups in total. The maximum Gasteiger partial charge on any atom is 0.240 e. The molecule has 20 heavy (non-hydrogen) atoms. The molecule has 1 aliphatic heterocycles. The van der Waals surface area contributed by atoms with Crippen LogP contribution in [-0.4, -0.2) is 43.0 Å². The number of sulfone groups is 1.